The van der Waals surface area contributed by atoms with Gasteiger partial charge in [-0.15, -0.1) is 0 Å². The lowest BCUT2D eigenvalue weighted by Crippen LogP contribution is -2.43. The maximum absolute atomic E-state index is 12.1. The average molecular weight is 346 g/mol. The number of carbonyl (C=O) groups excluding carboxylic acids is 2. The molecule has 5 nitrogen and oxygen atoms in total. The van der Waals surface area contributed by atoms with Crippen molar-refractivity contribution in [2.45, 2.75) is 12.5 Å². The Labute approximate surface area is 144 Å². The summed E-state index contributed by atoms with van der Waals surface area (Å²) in [5.41, 5.74) is 1.35. The summed E-state index contributed by atoms with van der Waals surface area (Å²) in [6, 6.07) is 14.1. The monoisotopic (exact) mass is 345 g/mol. The summed E-state index contributed by atoms with van der Waals surface area (Å²) in [5.74, 6) is -0.112. The number of hydrogen-bond acceptors (Lipinski definition) is 4. The van der Waals surface area contributed by atoms with E-state index in [0.717, 1.165) is 5.56 Å². The van der Waals surface area contributed by atoms with Crippen LogP contribution in [0.15, 0.2) is 48.5 Å². The number of benzene rings is 2. The summed E-state index contributed by atoms with van der Waals surface area (Å²) in [6.07, 6.45) is -0.422. The number of halogens is 1. The molecule has 0 saturated heterocycles. The summed E-state index contributed by atoms with van der Waals surface area (Å²) >= 11 is 5.79. The molecule has 24 heavy (non-hydrogen) atoms. The van der Waals surface area contributed by atoms with Gasteiger partial charge in [-0.3, -0.25) is 4.79 Å². The van der Waals surface area contributed by atoms with Crippen molar-refractivity contribution < 1.29 is 19.1 Å². The molecule has 0 bridgehead atoms. The molecule has 0 saturated carbocycles. The second kappa shape index (κ2) is 7.36. The molecule has 1 aliphatic heterocycles. The number of cyclic esters (lactones) is 1. The predicted octanol–water partition coefficient (Wildman–Crippen LogP) is 2.62. The van der Waals surface area contributed by atoms with Gasteiger partial charge in [0.25, 0.3) is 5.91 Å². The lowest BCUT2D eigenvalue weighted by Gasteiger charge is -2.23. The van der Waals surface area contributed by atoms with Crippen molar-refractivity contribution in [1.29, 1.82) is 0 Å². The van der Waals surface area contributed by atoms with Crippen LogP contribution in [0.4, 0.5) is 0 Å². The number of fused-ring (bicyclic) bond motifs is 1. The Morgan fingerprint density at radius 2 is 1.96 bits per heavy atom. The Kier molecular flexibility index (Phi) is 5.01. The average Bonchev–Trinajstić information content (AvgIpc) is 2.60. The third-order valence-corrected chi connectivity index (χ3v) is 3.92. The molecule has 3 rings (SSSR count). The zero-order chi connectivity index (χ0) is 16.9. The van der Waals surface area contributed by atoms with Crippen LogP contribution in [-0.2, 0) is 16.0 Å². The van der Waals surface area contributed by atoms with Crippen molar-refractivity contribution in [2.24, 2.45) is 0 Å². The molecule has 0 aromatic heterocycles. The number of carbonyl (C=O) groups is 2. The van der Waals surface area contributed by atoms with Crippen molar-refractivity contribution in [3.05, 3.63) is 64.7 Å². The first-order valence-corrected chi connectivity index (χ1v) is 7.96. The highest BCUT2D eigenvalue weighted by Crippen LogP contribution is 2.20. The van der Waals surface area contributed by atoms with Crippen LogP contribution in [0, 0.1) is 0 Å². The van der Waals surface area contributed by atoms with Gasteiger partial charge in [0, 0.05) is 11.4 Å². The summed E-state index contributed by atoms with van der Waals surface area (Å²) in [5, 5.41) is 3.35. The highest BCUT2D eigenvalue weighted by Gasteiger charge is 2.30. The first-order valence-electron chi connectivity index (χ1n) is 7.58. The summed E-state index contributed by atoms with van der Waals surface area (Å²) < 4.78 is 10.7. The number of ether oxygens (including phenoxy) is 2. The quantitative estimate of drug-likeness (QED) is 0.668. The molecule has 1 amide bonds. The molecule has 6 heteroatoms. The molecule has 1 unspecified atom stereocenters. The standard InChI is InChI=1S/C18H16ClNO4/c19-13-5-7-14(8-6-13)23-10-9-20-17(21)16-11-12-3-1-2-4-15(12)18(22)24-16/h1-8,16H,9-11H2,(H,20,21). The zero-order valence-electron chi connectivity index (χ0n) is 12.8. The fraction of sp³-hybridized carbons (Fsp3) is 0.222. The Balaban J connectivity index is 1.47. The third-order valence-electron chi connectivity index (χ3n) is 3.67. The van der Waals surface area contributed by atoms with Crippen LogP contribution in [0.1, 0.15) is 15.9 Å². The first kappa shape index (κ1) is 16.3. The van der Waals surface area contributed by atoms with Gasteiger partial charge >= 0.3 is 5.97 Å². The van der Waals surface area contributed by atoms with E-state index in [4.69, 9.17) is 21.1 Å². The summed E-state index contributed by atoms with van der Waals surface area (Å²) in [4.78, 5) is 24.1. The van der Waals surface area contributed by atoms with E-state index in [1.165, 1.54) is 0 Å². The van der Waals surface area contributed by atoms with Crippen LogP contribution in [0.3, 0.4) is 0 Å². The van der Waals surface area contributed by atoms with E-state index in [1.54, 1.807) is 36.4 Å². The van der Waals surface area contributed by atoms with Crippen LogP contribution in [0.25, 0.3) is 0 Å². The van der Waals surface area contributed by atoms with Crippen molar-refractivity contribution in [1.82, 2.24) is 5.32 Å². The molecular formula is C18H16ClNO4. The summed E-state index contributed by atoms with van der Waals surface area (Å²) in [6.45, 7) is 0.627. The van der Waals surface area contributed by atoms with E-state index in [-0.39, 0.29) is 5.91 Å². The molecule has 0 aliphatic carbocycles. The van der Waals surface area contributed by atoms with Gasteiger partial charge in [-0.2, -0.15) is 0 Å². The largest absolute Gasteiger partial charge is 0.492 e. The number of amides is 1. The number of hydrogen-bond donors (Lipinski definition) is 1. The van der Waals surface area contributed by atoms with Gasteiger partial charge in [-0.05, 0) is 35.9 Å². The SMILES string of the molecule is O=C1OC(C(=O)NCCOc2ccc(Cl)cc2)Cc2ccccc21. The van der Waals surface area contributed by atoms with Gasteiger partial charge in [-0.25, -0.2) is 4.79 Å². The molecular weight excluding hydrogens is 330 g/mol. The summed E-state index contributed by atoms with van der Waals surface area (Å²) in [7, 11) is 0. The maximum atomic E-state index is 12.1. The van der Waals surface area contributed by atoms with Crippen molar-refractivity contribution in [2.75, 3.05) is 13.2 Å². The van der Waals surface area contributed by atoms with E-state index in [1.807, 2.05) is 12.1 Å². The molecule has 1 aliphatic rings. The third kappa shape index (κ3) is 3.86. The van der Waals surface area contributed by atoms with E-state index >= 15 is 0 Å². The van der Waals surface area contributed by atoms with Crippen LogP contribution in [0.5, 0.6) is 5.75 Å². The van der Waals surface area contributed by atoms with E-state index in [0.29, 0.717) is 35.9 Å². The molecule has 124 valence electrons. The normalized spacial score (nSPS) is 16.0. The Bertz CT molecular complexity index is 745. The Morgan fingerprint density at radius 1 is 1.21 bits per heavy atom. The van der Waals surface area contributed by atoms with E-state index in [2.05, 4.69) is 5.32 Å². The predicted molar refractivity (Wildman–Crippen MR) is 89.3 cm³/mol. The molecule has 1 atom stereocenters. The van der Waals surface area contributed by atoms with Crippen LogP contribution in [0.2, 0.25) is 5.02 Å². The van der Waals surface area contributed by atoms with Gasteiger partial charge in [0.05, 0.1) is 12.1 Å². The smallest absolute Gasteiger partial charge is 0.339 e. The fourth-order valence-electron chi connectivity index (χ4n) is 2.47. The van der Waals surface area contributed by atoms with Crippen molar-refractivity contribution in [3.8, 4) is 5.75 Å². The molecule has 1 heterocycles. The maximum Gasteiger partial charge on any atom is 0.339 e. The Hall–Kier alpha value is -2.53. The Morgan fingerprint density at radius 3 is 2.75 bits per heavy atom. The second-order valence-electron chi connectivity index (χ2n) is 5.35. The van der Waals surface area contributed by atoms with Crippen molar-refractivity contribution >= 4 is 23.5 Å². The van der Waals surface area contributed by atoms with Crippen LogP contribution >= 0.6 is 11.6 Å². The molecule has 2 aromatic carbocycles. The van der Waals surface area contributed by atoms with E-state index < -0.39 is 12.1 Å². The molecule has 1 N–H and O–H groups in total. The van der Waals surface area contributed by atoms with Gasteiger partial charge in [-0.1, -0.05) is 29.8 Å². The fourth-order valence-corrected chi connectivity index (χ4v) is 2.59. The van der Waals surface area contributed by atoms with Crippen LogP contribution in [-0.4, -0.2) is 31.1 Å². The number of rotatable bonds is 5. The van der Waals surface area contributed by atoms with Crippen LogP contribution < -0.4 is 10.1 Å². The van der Waals surface area contributed by atoms with Gasteiger partial charge in [0.2, 0.25) is 0 Å². The molecule has 0 fully saturated rings. The lowest BCUT2D eigenvalue weighted by atomic mass is 9.98. The highest BCUT2D eigenvalue weighted by molar-refractivity contribution is 6.30. The zero-order valence-corrected chi connectivity index (χ0v) is 13.6. The van der Waals surface area contributed by atoms with Gasteiger partial charge in [0.1, 0.15) is 12.4 Å². The van der Waals surface area contributed by atoms with Gasteiger partial charge in [0.15, 0.2) is 6.10 Å². The molecule has 0 spiro atoms. The lowest BCUT2D eigenvalue weighted by molar-refractivity contribution is -0.130. The number of nitrogens with one attached hydrogen (secondary N) is 1. The van der Waals surface area contributed by atoms with Crippen molar-refractivity contribution in [3.63, 3.8) is 0 Å². The minimum absolute atomic E-state index is 0.310. The first-order chi connectivity index (χ1) is 11.6. The second-order valence-corrected chi connectivity index (χ2v) is 5.79. The molecule has 0 radical (unpaired) electrons. The topological polar surface area (TPSA) is 64.6 Å². The van der Waals surface area contributed by atoms with Gasteiger partial charge < -0.3 is 14.8 Å². The number of esters is 1. The highest BCUT2D eigenvalue weighted by atomic mass is 35.5. The molecule has 2 aromatic rings. The minimum atomic E-state index is -0.803. The van der Waals surface area contributed by atoms with E-state index in [9.17, 15) is 9.59 Å². The minimum Gasteiger partial charge on any atom is -0.492 e.